The largest absolute Gasteiger partial charge is 0.453 e. The van der Waals surface area contributed by atoms with Crippen molar-refractivity contribution in [3.05, 3.63) is 0 Å². The Morgan fingerprint density at radius 2 is 1.84 bits per heavy atom. The van der Waals surface area contributed by atoms with Gasteiger partial charge < -0.3 is 19.3 Å². The number of amides is 2. The van der Waals surface area contributed by atoms with Gasteiger partial charge in [-0.15, -0.1) is 0 Å². The summed E-state index contributed by atoms with van der Waals surface area (Å²) >= 11 is 0. The Hall–Kier alpha value is -1.58. The molecule has 31 heavy (non-hydrogen) atoms. The molecule has 0 spiro atoms. The van der Waals surface area contributed by atoms with Gasteiger partial charge in [-0.05, 0) is 66.0 Å². The maximum atomic E-state index is 12.9. The highest BCUT2D eigenvalue weighted by Crippen LogP contribution is 2.40. The number of rotatable bonds is 5. The molecule has 3 fully saturated rings. The maximum absolute atomic E-state index is 12.9. The number of hydrogen-bond acceptors (Lipinski definition) is 7. The molecule has 3 rings (SSSR count). The minimum atomic E-state index is -0.296. The summed E-state index contributed by atoms with van der Waals surface area (Å²) in [6.07, 6.45) is 2.11. The summed E-state index contributed by atoms with van der Waals surface area (Å²) < 4.78 is 10.7. The van der Waals surface area contributed by atoms with E-state index in [9.17, 15) is 9.59 Å². The topological polar surface area (TPSA) is 77.6 Å². The lowest BCUT2D eigenvalue weighted by molar-refractivity contribution is -0.0443. The van der Waals surface area contributed by atoms with E-state index in [1.807, 2.05) is 30.6 Å². The van der Waals surface area contributed by atoms with Gasteiger partial charge in [-0.2, -0.15) is 0 Å². The van der Waals surface area contributed by atoms with Crippen molar-refractivity contribution in [1.82, 2.24) is 25.1 Å². The number of hydrazine groups is 1. The van der Waals surface area contributed by atoms with Crippen molar-refractivity contribution in [2.24, 2.45) is 11.8 Å². The van der Waals surface area contributed by atoms with Crippen LogP contribution in [0.4, 0.5) is 9.59 Å². The van der Waals surface area contributed by atoms with Gasteiger partial charge in [0.2, 0.25) is 0 Å². The van der Waals surface area contributed by atoms with Crippen LogP contribution in [0.2, 0.25) is 0 Å². The second-order valence-corrected chi connectivity index (χ2v) is 9.89. The number of carbonyl (C=O) groups excluding carboxylic acids is 2. The number of piperazine rings is 1. The van der Waals surface area contributed by atoms with Gasteiger partial charge >= 0.3 is 12.2 Å². The van der Waals surface area contributed by atoms with Crippen LogP contribution in [0.1, 0.15) is 40.0 Å². The van der Waals surface area contributed by atoms with Crippen molar-refractivity contribution in [2.45, 2.75) is 64.3 Å². The summed E-state index contributed by atoms with van der Waals surface area (Å²) in [5.74, 6) is 1.07. The standard InChI is InChI=1S/C22H41N5O4/c1-15(2)31-21(28)26-13-16(3)27(22(29)30-6)19-8-7-17(11-20(19)26)18-12-23-25(14-18)10-9-24(4)5/h15-20,23H,7-14H2,1-6H3/t16-,17?,18?,19?,20?/m0/s1. The van der Waals surface area contributed by atoms with Gasteiger partial charge in [0, 0.05) is 32.7 Å². The number of nitrogens with zero attached hydrogens (tertiary/aromatic N) is 4. The van der Waals surface area contributed by atoms with Gasteiger partial charge in [0.25, 0.3) is 0 Å². The predicted octanol–water partition coefficient (Wildman–Crippen LogP) is 1.84. The van der Waals surface area contributed by atoms with Gasteiger partial charge in [-0.25, -0.2) is 14.6 Å². The van der Waals surface area contributed by atoms with E-state index in [1.165, 1.54) is 7.11 Å². The quantitative estimate of drug-likeness (QED) is 0.700. The molecule has 1 saturated carbocycles. The van der Waals surface area contributed by atoms with Crippen LogP contribution < -0.4 is 5.43 Å². The average molecular weight is 440 g/mol. The molecular formula is C22H41N5O4. The lowest BCUT2D eigenvalue weighted by Gasteiger charge is -2.53. The van der Waals surface area contributed by atoms with E-state index in [0.717, 1.165) is 45.4 Å². The molecule has 0 aromatic rings. The zero-order valence-corrected chi connectivity index (χ0v) is 20.0. The van der Waals surface area contributed by atoms with Crippen molar-refractivity contribution in [3.8, 4) is 0 Å². The average Bonchev–Trinajstić information content (AvgIpc) is 3.19. The van der Waals surface area contributed by atoms with Gasteiger partial charge in [0.1, 0.15) is 0 Å². The Morgan fingerprint density at radius 3 is 2.48 bits per heavy atom. The third kappa shape index (κ3) is 5.62. The molecule has 0 bridgehead atoms. The van der Waals surface area contributed by atoms with Crippen LogP contribution in [0.3, 0.4) is 0 Å². The molecule has 1 aliphatic carbocycles. The van der Waals surface area contributed by atoms with Crippen LogP contribution in [0.5, 0.6) is 0 Å². The smallest absolute Gasteiger partial charge is 0.410 e. The molecule has 0 radical (unpaired) electrons. The SMILES string of the molecule is COC(=O)N1C2CCC(C3CNN(CCN(C)C)C3)CC2N(C(=O)OC(C)C)C[C@@H]1C. The summed E-state index contributed by atoms with van der Waals surface area (Å²) in [6, 6.07) is -0.151. The Bertz CT molecular complexity index is 631. The first-order chi connectivity index (χ1) is 14.7. The fraction of sp³-hybridized carbons (Fsp3) is 0.909. The zero-order valence-electron chi connectivity index (χ0n) is 20.0. The molecule has 2 aliphatic heterocycles. The van der Waals surface area contributed by atoms with Crippen molar-refractivity contribution in [3.63, 3.8) is 0 Å². The van der Waals surface area contributed by atoms with E-state index in [2.05, 4.69) is 29.4 Å². The minimum absolute atomic E-state index is 0.0219. The molecule has 178 valence electrons. The highest BCUT2D eigenvalue weighted by Gasteiger charge is 2.49. The number of fused-ring (bicyclic) bond motifs is 1. The van der Waals surface area contributed by atoms with Gasteiger partial charge in [0.05, 0.1) is 31.3 Å². The second-order valence-electron chi connectivity index (χ2n) is 9.89. The van der Waals surface area contributed by atoms with Crippen molar-refractivity contribution in [1.29, 1.82) is 0 Å². The fourth-order valence-electron chi connectivity index (χ4n) is 5.45. The molecule has 2 saturated heterocycles. The van der Waals surface area contributed by atoms with E-state index in [4.69, 9.17) is 9.47 Å². The summed E-state index contributed by atoms with van der Waals surface area (Å²) in [5, 5.41) is 2.32. The molecule has 3 aliphatic rings. The molecule has 4 unspecified atom stereocenters. The zero-order chi connectivity index (χ0) is 22.7. The highest BCUT2D eigenvalue weighted by atomic mass is 16.6. The van der Waals surface area contributed by atoms with Crippen LogP contribution in [0.25, 0.3) is 0 Å². The Morgan fingerprint density at radius 1 is 1.10 bits per heavy atom. The van der Waals surface area contributed by atoms with Crippen LogP contribution >= 0.6 is 0 Å². The molecule has 5 atom stereocenters. The monoisotopic (exact) mass is 439 g/mol. The first kappa shape index (κ1) is 24.1. The van der Waals surface area contributed by atoms with Crippen LogP contribution in [0.15, 0.2) is 0 Å². The van der Waals surface area contributed by atoms with Crippen LogP contribution in [0, 0.1) is 11.8 Å². The summed E-state index contributed by atoms with van der Waals surface area (Å²) in [4.78, 5) is 31.4. The van der Waals surface area contributed by atoms with Crippen molar-refractivity contribution >= 4 is 12.2 Å². The summed E-state index contributed by atoms with van der Waals surface area (Å²) in [6.45, 7) is 10.2. The lowest BCUT2D eigenvalue weighted by Crippen LogP contribution is -2.67. The van der Waals surface area contributed by atoms with E-state index in [0.29, 0.717) is 18.4 Å². The Balaban J connectivity index is 1.72. The maximum Gasteiger partial charge on any atom is 0.410 e. The van der Waals surface area contributed by atoms with E-state index < -0.39 is 0 Å². The summed E-state index contributed by atoms with van der Waals surface area (Å²) in [5.41, 5.74) is 3.55. The molecule has 2 amide bonds. The minimum Gasteiger partial charge on any atom is -0.453 e. The molecule has 9 heteroatoms. The number of likely N-dealkylation sites (N-methyl/N-ethyl adjacent to an activating group) is 1. The van der Waals surface area contributed by atoms with E-state index in [-0.39, 0.29) is 36.4 Å². The lowest BCUT2D eigenvalue weighted by atomic mass is 9.73. The van der Waals surface area contributed by atoms with Crippen molar-refractivity contribution < 1.29 is 19.1 Å². The summed E-state index contributed by atoms with van der Waals surface area (Å²) in [7, 11) is 5.62. The number of ether oxygens (including phenoxy) is 2. The van der Waals surface area contributed by atoms with Gasteiger partial charge in [0.15, 0.2) is 0 Å². The third-order valence-electron chi connectivity index (χ3n) is 6.99. The number of methoxy groups -OCH3 is 1. The second kappa shape index (κ2) is 10.4. The first-order valence-electron chi connectivity index (χ1n) is 11.7. The third-order valence-corrected chi connectivity index (χ3v) is 6.99. The van der Waals surface area contributed by atoms with Gasteiger partial charge in [-0.3, -0.25) is 10.3 Å². The predicted molar refractivity (Wildman–Crippen MR) is 119 cm³/mol. The first-order valence-corrected chi connectivity index (χ1v) is 11.7. The van der Waals surface area contributed by atoms with Crippen molar-refractivity contribution in [2.75, 3.05) is 53.9 Å². The molecular weight excluding hydrogens is 398 g/mol. The molecule has 0 aromatic carbocycles. The Kier molecular flexibility index (Phi) is 8.04. The highest BCUT2D eigenvalue weighted by molar-refractivity contribution is 5.72. The number of carbonyl (C=O) groups is 2. The van der Waals surface area contributed by atoms with Crippen LogP contribution in [-0.4, -0.2) is 110 Å². The van der Waals surface area contributed by atoms with Gasteiger partial charge in [-0.1, -0.05) is 0 Å². The van der Waals surface area contributed by atoms with E-state index in [1.54, 1.807) is 0 Å². The number of hydrogen-bond donors (Lipinski definition) is 1. The number of nitrogens with one attached hydrogen (secondary N) is 1. The van der Waals surface area contributed by atoms with E-state index >= 15 is 0 Å². The molecule has 2 heterocycles. The normalized spacial score (nSPS) is 31.8. The van der Waals surface area contributed by atoms with Crippen LogP contribution in [-0.2, 0) is 9.47 Å². The molecule has 9 nitrogen and oxygen atoms in total. The molecule has 0 aromatic heterocycles. The fourth-order valence-corrected chi connectivity index (χ4v) is 5.45. The Labute approximate surface area is 186 Å². The molecule has 1 N–H and O–H groups in total.